The van der Waals surface area contributed by atoms with Gasteiger partial charge in [0, 0.05) is 0 Å². The second kappa shape index (κ2) is 4.13. The summed E-state index contributed by atoms with van der Waals surface area (Å²) in [6.45, 7) is 6.32. The zero-order valence-electron chi connectivity index (χ0n) is 10.5. The Hall–Kier alpha value is -0.820. The van der Waals surface area contributed by atoms with Crippen molar-refractivity contribution in [1.29, 1.82) is 0 Å². The topological polar surface area (TPSA) is 92.7 Å². The van der Waals surface area contributed by atoms with Gasteiger partial charge in [-0.25, -0.2) is 17.9 Å². The van der Waals surface area contributed by atoms with E-state index in [1.165, 1.54) is 6.92 Å². The molecule has 1 rings (SSSR count). The minimum atomic E-state index is -3.89. The molecule has 0 radical (unpaired) electrons. The fourth-order valence-corrected chi connectivity index (χ4v) is 3.10. The smallest absolute Gasteiger partial charge is 0.421 e. The van der Waals surface area contributed by atoms with Crippen LogP contribution in [-0.2, 0) is 14.8 Å². The van der Waals surface area contributed by atoms with Gasteiger partial charge in [0.25, 0.3) is 0 Å². The third-order valence-corrected chi connectivity index (χ3v) is 4.91. The van der Waals surface area contributed by atoms with Gasteiger partial charge in [0.1, 0.15) is 10.3 Å². The van der Waals surface area contributed by atoms with E-state index in [-0.39, 0.29) is 0 Å². The highest BCUT2D eigenvalue weighted by Gasteiger charge is 2.59. The fourth-order valence-electron chi connectivity index (χ4n) is 1.54. The lowest BCUT2D eigenvalue weighted by Crippen LogP contribution is -2.46. The predicted octanol–water partition coefficient (Wildman–Crippen LogP) is 0.754. The zero-order chi connectivity index (χ0) is 13.5. The molecule has 1 aliphatic carbocycles. The van der Waals surface area contributed by atoms with Crippen molar-refractivity contribution in [3.63, 3.8) is 0 Å². The highest BCUT2D eigenvalue weighted by atomic mass is 32.2. The Labute approximate surface area is 101 Å². The zero-order valence-corrected chi connectivity index (χ0v) is 11.3. The van der Waals surface area contributed by atoms with E-state index in [1.54, 1.807) is 20.8 Å². The lowest BCUT2D eigenvalue weighted by molar-refractivity contribution is 0.0568. The number of sulfonamides is 1. The number of amides is 1. The maximum Gasteiger partial charge on any atom is 0.421 e. The molecule has 1 aliphatic rings. The molecule has 0 aromatic rings. The van der Waals surface area contributed by atoms with Gasteiger partial charge >= 0.3 is 6.09 Å². The van der Waals surface area contributed by atoms with Crippen molar-refractivity contribution in [1.82, 2.24) is 4.72 Å². The third-order valence-electron chi connectivity index (χ3n) is 2.66. The van der Waals surface area contributed by atoms with Gasteiger partial charge in [-0.05, 0) is 40.5 Å². The number of nitrogens with one attached hydrogen (secondary N) is 1. The Morgan fingerprint density at radius 3 is 2.18 bits per heavy atom. The molecule has 0 saturated heterocycles. The van der Waals surface area contributed by atoms with Crippen LogP contribution in [0.5, 0.6) is 0 Å². The largest absolute Gasteiger partial charge is 0.443 e. The summed E-state index contributed by atoms with van der Waals surface area (Å²) in [6, 6.07) is 0. The van der Waals surface area contributed by atoms with E-state index in [4.69, 9.17) is 4.74 Å². The first-order valence-corrected chi connectivity index (χ1v) is 6.92. The van der Waals surface area contributed by atoms with Gasteiger partial charge in [-0.2, -0.15) is 0 Å². The molecule has 0 heterocycles. The molecular formula is C10H19NO5S. The highest BCUT2D eigenvalue weighted by molar-refractivity contribution is 7.91. The maximum absolute atomic E-state index is 11.9. The first-order chi connectivity index (χ1) is 7.50. The maximum atomic E-state index is 11.9. The van der Waals surface area contributed by atoms with Crippen LogP contribution in [0.1, 0.15) is 40.5 Å². The Kier molecular flexibility index (Phi) is 3.46. The molecule has 1 fully saturated rings. The van der Waals surface area contributed by atoms with Crippen LogP contribution in [0.25, 0.3) is 0 Å². The molecule has 7 heteroatoms. The molecule has 1 saturated carbocycles. The number of hydrogen-bond acceptors (Lipinski definition) is 5. The van der Waals surface area contributed by atoms with Crippen molar-refractivity contribution >= 4 is 16.1 Å². The summed E-state index contributed by atoms with van der Waals surface area (Å²) in [7, 11) is -3.89. The second-order valence-electron chi connectivity index (χ2n) is 5.35. The van der Waals surface area contributed by atoms with Crippen LogP contribution in [0.3, 0.4) is 0 Å². The van der Waals surface area contributed by atoms with Gasteiger partial charge in [-0.3, -0.25) is 0 Å². The minimum absolute atomic E-state index is 0.350. The van der Waals surface area contributed by atoms with Crippen LogP contribution in [-0.4, -0.2) is 36.1 Å². The summed E-state index contributed by atoms with van der Waals surface area (Å²) in [5, 5.41) is 9.45. The number of ether oxygens (including phenoxy) is 1. The van der Waals surface area contributed by atoms with E-state index in [0.29, 0.717) is 12.8 Å². The summed E-state index contributed by atoms with van der Waals surface area (Å²) >= 11 is 0. The highest BCUT2D eigenvalue weighted by Crippen LogP contribution is 2.45. The average Bonchev–Trinajstić information content (AvgIpc) is 2.75. The molecule has 0 bridgehead atoms. The van der Waals surface area contributed by atoms with Crippen molar-refractivity contribution in [2.45, 2.75) is 57.0 Å². The van der Waals surface area contributed by atoms with Crippen LogP contribution in [0.15, 0.2) is 0 Å². The summed E-state index contributed by atoms with van der Waals surface area (Å²) in [4.78, 5) is 11.4. The van der Waals surface area contributed by atoms with Gasteiger partial charge < -0.3 is 9.84 Å². The number of rotatable bonds is 3. The van der Waals surface area contributed by atoms with Gasteiger partial charge in [0.05, 0.1) is 6.10 Å². The van der Waals surface area contributed by atoms with Crippen LogP contribution in [0.4, 0.5) is 4.79 Å². The van der Waals surface area contributed by atoms with Crippen LogP contribution in [0, 0.1) is 0 Å². The Morgan fingerprint density at radius 1 is 1.41 bits per heavy atom. The molecule has 0 aromatic carbocycles. The summed E-state index contributed by atoms with van der Waals surface area (Å²) in [5.74, 6) is 0. The van der Waals surface area contributed by atoms with Crippen molar-refractivity contribution in [3.05, 3.63) is 0 Å². The number of hydrogen-bond donors (Lipinski definition) is 2. The van der Waals surface area contributed by atoms with Crippen LogP contribution >= 0.6 is 0 Å². The quantitative estimate of drug-likeness (QED) is 0.785. The molecule has 1 unspecified atom stereocenters. The molecule has 1 amide bonds. The van der Waals surface area contributed by atoms with Crippen LogP contribution in [0.2, 0.25) is 0 Å². The van der Waals surface area contributed by atoms with Gasteiger partial charge in [-0.15, -0.1) is 0 Å². The van der Waals surface area contributed by atoms with Crippen molar-refractivity contribution in [2.75, 3.05) is 0 Å². The lowest BCUT2D eigenvalue weighted by Gasteiger charge is -2.23. The normalized spacial score (nSPS) is 20.5. The molecule has 0 aliphatic heterocycles. The molecule has 17 heavy (non-hydrogen) atoms. The van der Waals surface area contributed by atoms with E-state index in [1.807, 2.05) is 4.72 Å². The Morgan fingerprint density at radius 2 is 1.88 bits per heavy atom. The standard InChI is InChI=1S/C10H19NO5S/c1-7(12)10(5-6-10)17(14,15)11-8(13)16-9(2,3)4/h7,12H,5-6H2,1-4H3,(H,11,13). The van der Waals surface area contributed by atoms with Gasteiger partial charge in [0.2, 0.25) is 10.0 Å². The van der Waals surface area contributed by atoms with E-state index in [2.05, 4.69) is 0 Å². The lowest BCUT2D eigenvalue weighted by atomic mass is 10.2. The van der Waals surface area contributed by atoms with E-state index in [9.17, 15) is 18.3 Å². The van der Waals surface area contributed by atoms with E-state index >= 15 is 0 Å². The van der Waals surface area contributed by atoms with E-state index < -0.39 is 32.6 Å². The minimum Gasteiger partial charge on any atom is -0.443 e. The monoisotopic (exact) mass is 265 g/mol. The first-order valence-electron chi connectivity index (χ1n) is 5.44. The summed E-state index contributed by atoms with van der Waals surface area (Å²) in [6.07, 6.45) is -1.32. The molecule has 0 spiro atoms. The second-order valence-corrected chi connectivity index (χ2v) is 7.37. The summed E-state index contributed by atoms with van der Waals surface area (Å²) in [5.41, 5.74) is -0.763. The fraction of sp³-hybridized carbons (Fsp3) is 0.900. The number of carbonyl (C=O) groups is 1. The van der Waals surface area contributed by atoms with Crippen molar-refractivity contribution in [2.24, 2.45) is 0 Å². The number of carbonyl (C=O) groups excluding carboxylic acids is 1. The van der Waals surface area contributed by atoms with Crippen molar-refractivity contribution < 1.29 is 23.1 Å². The van der Waals surface area contributed by atoms with Gasteiger partial charge in [-0.1, -0.05) is 0 Å². The van der Waals surface area contributed by atoms with Gasteiger partial charge in [0.15, 0.2) is 0 Å². The molecular weight excluding hydrogens is 246 g/mol. The molecule has 6 nitrogen and oxygen atoms in total. The molecule has 0 aromatic heterocycles. The molecule has 100 valence electrons. The molecule has 1 atom stereocenters. The predicted molar refractivity (Wildman–Crippen MR) is 61.9 cm³/mol. The average molecular weight is 265 g/mol. The summed E-state index contributed by atoms with van der Waals surface area (Å²) < 4.78 is 29.2. The SMILES string of the molecule is CC(O)C1(S(=O)(=O)NC(=O)OC(C)(C)C)CC1. The molecule has 2 N–H and O–H groups in total. The third kappa shape index (κ3) is 3.10. The Balaban J connectivity index is 2.72. The van der Waals surface area contributed by atoms with Crippen LogP contribution < -0.4 is 4.72 Å². The number of aliphatic hydroxyl groups is 1. The number of aliphatic hydroxyl groups excluding tert-OH is 1. The first kappa shape index (κ1) is 14.2. The Bertz CT molecular complexity index is 403. The van der Waals surface area contributed by atoms with Crippen molar-refractivity contribution in [3.8, 4) is 0 Å². The van der Waals surface area contributed by atoms with E-state index in [0.717, 1.165) is 0 Å².